The maximum atomic E-state index is 13.6. The van der Waals surface area contributed by atoms with E-state index in [2.05, 4.69) is 31.0 Å². The third kappa shape index (κ3) is 4.05. The lowest BCUT2D eigenvalue weighted by Crippen LogP contribution is -2.26. The molecule has 7 nitrogen and oxygen atoms in total. The zero-order valence-corrected chi connectivity index (χ0v) is 17.0. The number of hydrazone groups is 1. The number of para-hydroxylation sites is 1. The molecular formula is C22H13F5N4O3. The highest BCUT2D eigenvalue weighted by atomic mass is 19.4. The van der Waals surface area contributed by atoms with E-state index >= 15 is 0 Å². The number of fused-ring (bicyclic) bond motifs is 1. The van der Waals surface area contributed by atoms with Crippen molar-refractivity contribution < 1.29 is 36.2 Å². The second-order valence-corrected chi connectivity index (χ2v) is 7.08. The molecule has 0 saturated heterocycles. The molecule has 1 aromatic heterocycles. The van der Waals surface area contributed by atoms with Crippen molar-refractivity contribution in [3.63, 3.8) is 0 Å². The largest absolute Gasteiger partial charge is 0.586 e. The highest BCUT2D eigenvalue weighted by Gasteiger charge is 2.45. The van der Waals surface area contributed by atoms with Gasteiger partial charge in [0, 0.05) is 6.20 Å². The minimum absolute atomic E-state index is 0.143. The summed E-state index contributed by atoms with van der Waals surface area (Å²) in [6, 6.07) is 11.1. The summed E-state index contributed by atoms with van der Waals surface area (Å²) >= 11 is 0. The third-order valence-electron chi connectivity index (χ3n) is 4.78. The van der Waals surface area contributed by atoms with Crippen LogP contribution < -0.4 is 19.2 Å². The quantitative estimate of drug-likeness (QED) is 0.473. The van der Waals surface area contributed by atoms with E-state index in [1.807, 2.05) is 0 Å². The van der Waals surface area contributed by atoms with Gasteiger partial charge in [-0.05, 0) is 54.1 Å². The van der Waals surface area contributed by atoms with Crippen LogP contribution in [0.3, 0.4) is 0 Å². The number of allylic oxidation sites excluding steroid dienone is 2. The fourth-order valence-corrected chi connectivity index (χ4v) is 3.40. The van der Waals surface area contributed by atoms with Crippen molar-refractivity contribution >= 4 is 11.4 Å². The van der Waals surface area contributed by atoms with E-state index in [0.29, 0.717) is 22.7 Å². The summed E-state index contributed by atoms with van der Waals surface area (Å²) in [5.41, 5.74) is 1.88. The molecule has 0 bridgehead atoms. The Kier molecular flexibility index (Phi) is 4.81. The van der Waals surface area contributed by atoms with E-state index in [0.717, 1.165) is 12.1 Å². The maximum Gasteiger partial charge on any atom is 0.586 e. The van der Waals surface area contributed by atoms with Gasteiger partial charge in [-0.3, -0.25) is 0 Å². The van der Waals surface area contributed by atoms with Crippen molar-refractivity contribution in [2.75, 3.05) is 5.01 Å². The Morgan fingerprint density at radius 1 is 1.00 bits per heavy atom. The number of hydrogen-bond donors (Lipinski definition) is 0. The number of benzene rings is 2. The molecule has 0 unspecified atom stereocenters. The van der Waals surface area contributed by atoms with Crippen LogP contribution in [0.2, 0.25) is 0 Å². The highest BCUT2D eigenvalue weighted by molar-refractivity contribution is 6.14. The first-order valence-electron chi connectivity index (χ1n) is 9.64. The number of alkyl halides is 5. The van der Waals surface area contributed by atoms with Gasteiger partial charge in [-0.1, -0.05) is 12.6 Å². The number of aromatic nitrogens is 2. The molecule has 2 aliphatic rings. The van der Waals surface area contributed by atoms with Gasteiger partial charge in [-0.2, -0.15) is 10.2 Å². The summed E-state index contributed by atoms with van der Waals surface area (Å²) in [7, 11) is 0. The van der Waals surface area contributed by atoms with Gasteiger partial charge in [0.05, 0.1) is 17.6 Å². The SMILES string of the molecule is C=C1C=CN(c2ccc(OC(F)(F)F)cc2)N=C1c1ccnn1-c1cccc2c1OC(F)(F)O2. The molecule has 12 heteroatoms. The number of anilines is 1. The van der Waals surface area contributed by atoms with Crippen molar-refractivity contribution in [3.05, 3.63) is 84.8 Å². The van der Waals surface area contributed by atoms with E-state index in [4.69, 9.17) is 0 Å². The van der Waals surface area contributed by atoms with Gasteiger partial charge in [0.1, 0.15) is 17.1 Å². The number of halogens is 5. The van der Waals surface area contributed by atoms with Gasteiger partial charge in [-0.25, -0.2) is 9.69 Å². The molecule has 3 heterocycles. The molecule has 0 amide bonds. The monoisotopic (exact) mass is 476 g/mol. The average molecular weight is 476 g/mol. The standard InChI is InChI=1S/C22H13F5N4O3/c1-13-10-12-30(14-5-7-15(8-6-14)32-21(23,24)25)29-19(13)16-9-11-28-31(16)17-3-2-4-18-20(17)34-22(26,27)33-18/h2-12H,1H2. The van der Waals surface area contributed by atoms with E-state index in [-0.39, 0.29) is 22.9 Å². The van der Waals surface area contributed by atoms with Crippen LogP contribution in [0.5, 0.6) is 17.2 Å². The topological polar surface area (TPSA) is 61.1 Å². The zero-order valence-electron chi connectivity index (χ0n) is 17.0. The molecule has 0 aliphatic carbocycles. The van der Waals surface area contributed by atoms with Crippen LogP contribution in [-0.4, -0.2) is 28.1 Å². The number of ether oxygens (including phenoxy) is 3. The predicted molar refractivity (Wildman–Crippen MR) is 110 cm³/mol. The Hall–Kier alpha value is -4.35. The number of hydrogen-bond acceptors (Lipinski definition) is 6. The van der Waals surface area contributed by atoms with E-state index in [9.17, 15) is 22.0 Å². The van der Waals surface area contributed by atoms with Crippen molar-refractivity contribution in [2.45, 2.75) is 12.7 Å². The summed E-state index contributed by atoms with van der Waals surface area (Å²) in [5, 5.41) is 10.1. The second-order valence-electron chi connectivity index (χ2n) is 7.08. The summed E-state index contributed by atoms with van der Waals surface area (Å²) < 4.78 is 78.9. The van der Waals surface area contributed by atoms with Crippen LogP contribution in [0, 0.1) is 0 Å². The molecule has 0 atom stereocenters. The summed E-state index contributed by atoms with van der Waals surface area (Å²) in [6.07, 6.45) is -3.94. The molecule has 0 fully saturated rings. The Balaban J connectivity index is 1.49. The fourth-order valence-electron chi connectivity index (χ4n) is 3.40. The van der Waals surface area contributed by atoms with Gasteiger partial charge >= 0.3 is 12.7 Å². The van der Waals surface area contributed by atoms with Gasteiger partial charge in [0.15, 0.2) is 11.5 Å². The maximum absolute atomic E-state index is 13.6. The number of rotatable bonds is 4. The molecule has 34 heavy (non-hydrogen) atoms. The number of nitrogens with zero attached hydrogens (tertiary/aromatic N) is 4. The van der Waals surface area contributed by atoms with Gasteiger partial charge in [0.2, 0.25) is 0 Å². The first-order valence-corrected chi connectivity index (χ1v) is 9.64. The lowest BCUT2D eigenvalue weighted by atomic mass is 10.1. The van der Waals surface area contributed by atoms with E-state index < -0.39 is 12.7 Å². The Labute approximate surface area is 188 Å². The van der Waals surface area contributed by atoms with Gasteiger partial charge < -0.3 is 14.2 Å². The molecular weight excluding hydrogens is 463 g/mol. The zero-order chi connectivity index (χ0) is 24.1. The van der Waals surface area contributed by atoms with Crippen LogP contribution in [0.4, 0.5) is 27.6 Å². The van der Waals surface area contributed by atoms with Crippen molar-refractivity contribution in [3.8, 4) is 22.9 Å². The van der Waals surface area contributed by atoms with Crippen LogP contribution >= 0.6 is 0 Å². The smallest absolute Gasteiger partial charge is 0.406 e. The lowest BCUT2D eigenvalue weighted by Gasteiger charge is -2.22. The fraction of sp³-hybridized carbons (Fsp3) is 0.0909. The first kappa shape index (κ1) is 21.5. The van der Waals surface area contributed by atoms with Crippen molar-refractivity contribution in [1.82, 2.24) is 9.78 Å². The summed E-state index contributed by atoms with van der Waals surface area (Å²) in [5.74, 6) is -0.705. The Morgan fingerprint density at radius 2 is 1.76 bits per heavy atom. The summed E-state index contributed by atoms with van der Waals surface area (Å²) in [6.45, 7) is 3.96. The molecule has 2 aromatic carbocycles. The van der Waals surface area contributed by atoms with Crippen LogP contribution in [-0.2, 0) is 0 Å². The van der Waals surface area contributed by atoms with Crippen LogP contribution in [0.1, 0.15) is 5.69 Å². The lowest BCUT2D eigenvalue weighted by molar-refractivity contribution is -0.286. The Morgan fingerprint density at radius 3 is 2.50 bits per heavy atom. The van der Waals surface area contributed by atoms with Crippen LogP contribution in [0.25, 0.3) is 5.69 Å². The van der Waals surface area contributed by atoms with E-state index in [1.54, 1.807) is 18.3 Å². The third-order valence-corrected chi connectivity index (χ3v) is 4.78. The summed E-state index contributed by atoms with van der Waals surface area (Å²) in [4.78, 5) is 0. The van der Waals surface area contributed by atoms with Gasteiger partial charge in [-0.15, -0.1) is 22.0 Å². The minimum atomic E-state index is -4.80. The van der Waals surface area contributed by atoms with Crippen molar-refractivity contribution in [2.24, 2.45) is 5.10 Å². The normalized spacial score (nSPS) is 16.6. The van der Waals surface area contributed by atoms with Crippen molar-refractivity contribution in [1.29, 1.82) is 0 Å². The average Bonchev–Trinajstić information content (AvgIpc) is 3.36. The molecule has 0 saturated carbocycles. The molecule has 0 spiro atoms. The molecule has 174 valence electrons. The molecule has 3 aromatic rings. The Bertz CT molecular complexity index is 1330. The van der Waals surface area contributed by atoms with Gasteiger partial charge in [0.25, 0.3) is 0 Å². The molecule has 5 rings (SSSR count). The minimum Gasteiger partial charge on any atom is -0.406 e. The second kappa shape index (κ2) is 7.61. The predicted octanol–water partition coefficient (Wildman–Crippen LogP) is 5.39. The van der Waals surface area contributed by atoms with E-state index in [1.165, 1.54) is 46.2 Å². The highest BCUT2D eigenvalue weighted by Crippen LogP contribution is 2.45. The molecule has 2 aliphatic heterocycles. The van der Waals surface area contributed by atoms with Crippen LogP contribution in [0.15, 0.2) is 84.3 Å². The molecule has 0 N–H and O–H groups in total. The first-order chi connectivity index (χ1) is 16.1. The molecule has 0 radical (unpaired) electrons.